The Labute approximate surface area is 92.6 Å². The Morgan fingerprint density at radius 3 is 2.60 bits per heavy atom. The molecule has 0 amide bonds. The molecule has 2 nitrogen and oxygen atoms in total. The molecule has 0 aromatic heterocycles. The Morgan fingerprint density at radius 2 is 2.07 bits per heavy atom. The van der Waals surface area contributed by atoms with Crippen LogP contribution in [0.5, 0.6) is 5.75 Å². The molecule has 1 N–H and O–H groups in total. The Morgan fingerprint density at radius 1 is 1.33 bits per heavy atom. The summed E-state index contributed by atoms with van der Waals surface area (Å²) in [6, 6.07) is 8.70. The quantitative estimate of drug-likeness (QED) is 0.801. The first-order chi connectivity index (χ1) is 7.19. The summed E-state index contributed by atoms with van der Waals surface area (Å²) in [7, 11) is 2.00. The van der Waals surface area contributed by atoms with Crippen molar-refractivity contribution in [3.8, 4) is 5.75 Å². The number of benzene rings is 1. The van der Waals surface area contributed by atoms with Crippen LogP contribution in [0.2, 0.25) is 0 Å². The van der Waals surface area contributed by atoms with E-state index in [1.165, 1.54) is 5.56 Å². The second-order valence-electron chi connectivity index (χ2n) is 4.02. The van der Waals surface area contributed by atoms with Crippen molar-refractivity contribution in [2.45, 2.75) is 26.8 Å². The van der Waals surface area contributed by atoms with E-state index in [0.717, 1.165) is 12.4 Å². The largest absolute Gasteiger partial charge is 0.494 e. The molecule has 1 aromatic rings. The Hall–Kier alpha value is -1.02. The maximum Gasteiger partial charge on any atom is 0.119 e. The van der Waals surface area contributed by atoms with E-state index in [9.17, 15) is 0 Å². The van der Waals surface area contributed by atoms with E-state index < -0.39 is 0 Å². The van der Waals surface area contributed by atoms with Crippen LogP contribution >= 0.6 is 0 Å². The third kappa shape index (κ3) is 3.24. The standard InChI is InChI=1S/C13H21NO/c1-5-15-12-8-6-7-11(9-12)13(14-4)10(2)3/h6-10,13-14H,5H2,1-4H3. The average molecular weight is 207 g/mol. The molecule has 0 aliphatic rings. The number of rotatable bonds is 5. The fourth-order valence-corrected chi connectivity index (χ4v) is 1.85. The topological polar surface area (TPSA) is 21.3 Å². The first-order valence-electron chi connectivity index (χ1n) is 5.59. The van der Waals surface area contributed by atoms with Crippen LogP contribution in [0.15, 0.2) is 24.3 Å². The summed E-state index contributed by atoms with van der Waals surface area (Å²) in [5, 5.41) is 3.33. The molecule has 0 fully saturated rings. The molecule has 0 radical (unpaired) electrons. The van der Waals surface area contributed by atoms with Gasteiger partial charge in [0.1, 0.15) is 5.75 Å². The zero-order valence-electron chi connectivity index (χ0n) is 10.1. The third-order valence-electron chi connectivity index (χ3n) is 2.51. The van der Waals surface area contributed by atoms with Gasteiger partial charge in [0.15, 0.2) is 0 Å². The van der Waals surface area contributed by atoms with Crippen molar-refractivity contribution in [1.29, 1.82) is 0 Å². The summed E-state index contributed by atoms with van der Waals surface area (Å²) in [5.41, 5.74) is 1.29. The van der Waals surface area contributed by atoms with Crippen molar-refractivity contribution >= 4 is 0 Å². The van der Waals surface area contributed by atoms with Gasteiger partial charge in [-0.2, -0.15) is 0 Å². The number of nitrogens with one attached hydrogen (secondary N) is 1. The summed E-state index contributed by atoms with van der Waals surface area (Å²) < 4.78 is 5.49. The number of ether oxygens (including phenoxy) is 1. The van der Waals surface area contributed by atoms with Gasteiger partial charge in [0.2, 0.25) is 0 Å². The first-order valence-corrected chi connectivity index (χ1v) is 5.59. The molecule has 1 aromatic carbocycles. The van der Waals surface area contributed by atoms with Crippen molar-refractivity contribution in [1.82, 2.24) is 5.32 Å². The van der Waals surface area contributed by atoms with Gasteiger partial charge in [-0.3, -0.25) is 0 Å². The molecule has 2 heteroatoms. The van der Waals surface area contributed by atoms with E-state index in [1.54, 1.807) is 0 Å². The van der Waals surface area contributed by atoms with Gasteiger partial charge >= 0.3 is 0 Å². The highest BCUT2D eigenvalue weighted by atomic mass is 16.5. The molecule has 0 saturated heterocycles. The van der Waals surface area contributed by atoms with Crippen LogP contribution in [-0.4, -0.2) is 13.7 Å². The maximum atomic E-state index is 5.49. The van der Waals surface area contributed by atoms with Gasteiger partial charge in [-0.25, -0.2) is 0 Å². The molecule has 0 bridgehead atoms. The molecule has 1 unspecified atom stereocenters. The van der Waals surface area contributed by atoms with Gasteiger partial charge in [0.25, 0.3) is 0 Å². The second-order valence-corrected chi connectivity index (χ2v) is 4.02. The lowest BCUT2D eigenvalue weighted by Gasteiger charge is -2.21. The predicted octanol–water partition coefficient (Wildman–Crippen LogP) is 3.00. The molecular weight excluding hydrogens is 186 g/mol. The van der Waals surface area contributed by atoms with E-state index >= 15 is 0 Å². The van der Waals surface area contributed by atoms with Crippen molar-refractivity contribution in [2.75, 3.05) is 13.7 Å². The molecule has 84 valence electrons. The predicted molar refractivity (Wildman–Crippen MR) is 64.2 cm³/mol. The highest BCUT2D eigenvalue weighted by molar-refractivity contribution is 5.30. The molecule has 1 rings (SSSR count). The summed E-state index contributed by atoms with van der Waals surface area (Å²) in [6.45, 7) is 7.16. The Bertz CT molecular complexity index is 296. The fraction of sp³-hybridized carbons (Fsp3) is 0.538. The van der Waals surface area contributed by atoms with Gasteiger partial charge < -0.3 is 10.1 Å². The van der Waals surface area contributed by atoms with Crippen molar-refractivity contribution in [3.05, 3.63) is 29.8 Å². The highest BCUT2D eigenvalue weighted by Gasteiger charge is 2.13. The van der Waals surface area contributed by atoms with Gasteiger partial charge in [-0.05, 0) is 37.6 Å². The SMILES string of the molecule is CCOc1cccc(C(NC)C(C)C)c1. The Balaban J connectivity index is 2.87. The van der Waals surface area contributed by atoms with Crippen molar-refractivity contribution < 1.29 is 4.74 Å². The molecule has 0 aliphatic carbocycles. The minimum Gasteiger partial charge on any atom is -0.494 e. The smallest absolute Gasteiger partial charge is 0.119 e. The Kier molecular flexibility index (Phi) is 4.63. The highest BCUT2D eigenvalue weighted by Crippen LogP contribution is 2.24. The molecule has 0 aliphatic heterocycles. The number of hydrogen-bond donors (Lipinski definition) is 1. The van der Waals surface area contributed by atoms with Crippen molar-refractivity contribution in [2.24, 2.45) is 5.92 Å². The summed E-state index contributed by atoms with van der Waals surface area (Å²) in [4.78, 5) is 0. The van der Waals surface area contributed by atoms with Gasteiger partial charge in [-0.1, -0.05) is 26.0 Å². The molecule has 1 atom stereocenters. The molecule has 0 saturated carbocycles. The lowest BCUT2D eigenvalue weighted by Crippen LogP contribution is -2.21. The molecule has 0 spiro atoms. The van der Waals surface area contributed by atoms with Crippen LogP contribution in [0, 0.1) is 5.92 Å². The summed E-state index contributed by atoms with van der Waals surface area (Å²) >= 11 is 0. The van der Waals surface area contributed by atoms with E-state index in [4.69, 9.17) is 4.74 Å². The lowest BCUT2D eigenvalue weighted by atomic mass is 9.96. The summed E-state index contributed by atoms with van der Waals surface area (Å²) in [6.07, 6.45) is 0. The van der Waals surface area contributed by atoms with Crippen LogP contribution in [0.3, 0.4) is 0 Å². The van der Waals surface area contributed by atoms with Gasteiger partial charge in [-0.15, -0.1) is 0 Å². The van der Waals surface area contributed by atoms with Gasteiger partial charge in [0, 0.05) is 6.04 Å². The van der Waals surface area contributed by atoms with Crippen LogP contribution in [0.25, 0.3) is 0 Å². The van der Waals surface area contributed by atoms with Gasteiger partial charge in [0.05, 0.1) is 6.61 Å². The van der Waals surface area contributed by atoms with Crippen LogP contribution in [0.4, 0.5) is 0 Å². The third-order valence-corrected chi connectivity index (χ3v) is 2.51. The first kappa shape index (κ1) is 12.1. The normalized spacial score (nSPS) is 12.9. The lowest BCUT2D eigenvalue weighted by molar-refractivity contribution is 0.338. The number of hydrogen-bond acceptors (Lipinski definition) is 2. The van der Waals surface area contributed by atoms with Crippen molar-refractivity contribution in [3.63, 3.8) is 0 Å². The van der Waals surface area contributed by atoms with Crippen LogP contribution in [0.1, 0.15) is 32.4 Å². The minimum absolute atomic E-state index is 0.394. The monoisotopic (exact) mass is 207 g/mol. The molecular formula is C13H21NO. The zero-order chi connectivity index (χ0) is 11.3. The average Bonchev–Trinajstić information content (AvgIpc) is 2.19. The maximum absolute atomic E-state index is 5.49. The second kappa shape index (κ2) is 5.76. The van der Waals surface area contributed by atoms with E-state index in [1.807, 2.05) is 26.1 Å². The van der Waals surface area contributed by atoms with E-state index in [-0.39, 0.29) is 0 Å². The van der Waals surface area contributed by atoms with E-state index in [2.05, 4.69) is 31.3 Å². The zero-order valence-corrected chi connectivity index (χ0v) is 10.1. The summed E-state index contributed by atoms with van der Waals surface area (Å²) in [5.74, 6) is 1.53. The molecule has 0 heterocycles. The molecule has 15 heavy (non-hydrogen) atoms. The minimum atomic E-state index is 0.394. The van der Waals surface area contributed by atoms with Crippen LogP contribution in [-0.2, 0) is 0 Å². The van der Waals surface area contributed by atoms with Crippen LogP contribution < -0.4 is 10.1 Å². The fourth-order valence-electron chi connectivity index (χ4n) is 1.85. The van der Waals surface area contributed by atoms with E-state index in [0.29, 0.717) is 12.0 Å².